The number of nitrogens with zero attached hydrogens (tertiary/aromatic N) is 2. The van der Waals surface area contributed by atoms with E-state index >= 15 is 0 Å². The van der Waals surface area contributed by atoms with Gasteiger partial charge in [-0.3, -0.25) is 10.1 Å². The summed E-state index contributed by atoms with van der Waals surface area (Å²) in [6.45, 7) is 0.624. The maximum absolute atomic E-state index is 13.4. The molecule has 110 valence electrons. The van der Waals surface area contributed by atoms with Gasteiger partial charge in [-0.2, -0.15) is 0 Å². The van der Waals surface area contributed by atoms with Crippen LogP contribution in [0.1, 0.15) is 12.8 Å². The summed E-state index contributed by atoms with van der Waals surface area (Å²) in [5, 5.41) is 11.1. The predicted molar refractivity (Wildman–Crippen MR) is 72.5 cm³/mol. The van der Waals surface area contributed by atoms with Crippen LogP contribution < -0.4 is 4.90 Å². The number of sulfone groups is 1. The molecule has 2 rings (SSSR count). The molecule has 6 nitrogen and oxygen atoms in total. The minimum Gasteiger partial charge on any atom is -0.363 e. The lowest BCUT2D eigenvalue weighted by atomic mass is 10.1. The smallest absolute Gasteiger partial charge is 0.293 e. The summed E-state index contributed by atoms with van der Waals surface area (Å²) in [6.07, 6.45) is 1.04. The summed E-state index contributed by atoms with van der Waals surface area (Å²) in [5.74, 6) is 0. The third-order valence-corrected chi connectivity index (χ3v) is 4.39. The average molecular weight is 302 g/mol. The Labute approximate surface area is 116 Å². The number of hydrogen-bond acceptors (Lipinski definition) is 5. The number of benzene rings is 1. The van der Waals surface area contributed by atoms with E-state index in [1.54, 1.807) is 4.90 Å². The molecule has 0 N–H and O–H groups in total. The first-order valence-electron chi connectivity index (χ1n) is 6.16. The highest BCUT2D eigenvalue weighted by Crippen LogP contribution is 2.32. The Bertz CT molecular complexity index is 632. The van der Waals surface area contributed by atoms with Gasteiger partial charge in [0.2, 0.25) is 0 Å². The Morgan fingerprint density at radius 2 is 2.15 bits per heavy atom. The van der Waals surface area contributed by atoms with Crippen molar-refractivity contribution in [2.45, 2.75) is 23.9 Å². The van der Waals surface area contributed by atoms with E-state index in [2.05, 4.69) is 0 Å². The number of nitro groups is 1. The average Bonchev–Trinajstić information content (AvgIpc) is 2.37. The van der Waals surface area contributed by atoms with Crippen molar-refractivity contribution in [1.82, 2.24) is 0 Å². The predicted octanol–water partition coefficient (Wildman–Crippen LogP) is 1.94. The van der Waals surface area contributed by atoms with Crippen LogP contribution in [-0.2, 0) is 9.84 Å². The molecule has 1 atom stereocenters. The van der Waals surface area contributed by atoms with Gasteiger partial charge < -0.3 is 4.90 Å². The number of hydrogen-bond donors (Lipinski definition) is 0. The molecule has 1 aliphatic rings. The van der Waals surface area contributed by atoms with Crippen molar-refractivity contribution in [3.63, 3.8) is 0 Å². The van der Waals surface area contributed by atoms with Gasteiger partial charge in [-0.25, -0.2) is 12.8 Å². The quantitative estimate of drug-likeness (QED) is 0.629. The number of anilines is 1. The number of nitro benzene ring substituents is 1. The Hall–Kier alpha value is -1.70. The monoisotopic (exact) mass is 302 g/mol. The zero-order valence-electron chi connectivity index (χ0n) is 11.0. The highest BCUT2D eigenvalue weighted by molar-refractivity contribution is 7.90. The Morgan fingerprint density at radius 3 is 2.70 bits per heavy atom. The van der Waals surface area contributed by atoms with Gasteiger partial charge in [-0.05, 0) is 25.0 Å². The summed E-state index contributed by atoms with van der Waals surface area (Å²) in [7, 11) is -3.51. The van der Waals surface area contributed by atoms with E-state index in [0.29, 0.717) is 19.4 Å². The summed E-state index contributed by atoms with van der Waals surface area (Å²) >= 11 is 0. The van der Waals surface area contributed by atoms with Crippen molar-refractivity contribution < 1.29 is 17.7 Å². The zero-order valence-corrected chi connectivity index (χ0v) is 11.8. The van der Waals surface area contributed by atoms with E-state index in [-0.39, 0.29) is 22.8 Å². The van der Waals surface area contributed by atoms with Crippen molar-refractivity contribution in [2.24, 2.45) is 0 Å². The molecule has 0 saturated carbocycles. The van der Waals surface area contributed by atoms with Gasteiger partial charge in [0.1, 0.15) is 11.9 Å². The Balaban J connectivity index is 2.45. The molecule has 0 aromatic heterocycles. The first kappa shape index (κ1) is 14.7. The molecule has 0 aliphatic carbocycles. The van der Waals surface area contributed by atoms with Crippen LogP contribution in [-0.4, -0.2) is 38.9 Å². The molecule has 0 spiro atoms. The van der Waals surface area contributed by atoms with E-state index < -0.39 is 20.9 Å². The largest absolute Gasteiger partial charge is 0.363 e. The number of alkyl halides is 1. The fourth-order valence-corrected chi connectivity index (χ4v) is 2.93. The summed E-state index contributed by atoms with van der Waals surface area (Å²) in [6, 6.07) is 3.73. The second-order valence-electron chi connectivity index (χ2n) is 4.87. The second kappa shape index (κ2) is 5.35. The maximum atomic E-state index is 13.4. The molecule has 1 fully saturated rings. The fourth-order valence-electron chi connectivity index (χ4n) is 2.29. The molecule has 20 heavy (non-hydrogen) atoms. The molecular weight excluding hydrogens is 287 g/mol. The molecule has 0 radical (unpaired) electrons. The Kier molecular flexibility index (Phi) is 3.94. The van der Waals surface area contributed by atoms with Crippen LogP contribution in [0.2, 0.25) is 0 Å². The van der Waals surface area contributed by atoms with Crippen molar-refractivity contribution in [3.8, 4) is 0 Å². The third-order valence-electron chi connectivity index (χ3n) is 3.28. The van der Waals surface area contributed by atoms with Crippen molar-refractivity contribution in [2.75, 3.05) is 24.2 Å². The van der Waals surface area contributed by atoms with Crippen molar-refractivity contribution >= 4 is 21.2 Å². The molecule has 1 aromatic rings. The van der Waals surface area contributed by atoms with Gasteiger partial charge in [-0.1, -0.05) is 0 Å². The molecular formula is C12H15FN2O4S. The molecule has 8 heteroatoms. The van der Waals surface area contributed by atoms with Crippen LogP contribution in [0.3, 0.4) is 0 Å². The topological polar surface area (TPSA) is 80.5 Å². The summed E-state index contributed by atoms with van der Waals surface area (Å²) in [4.78, 5) is 12.0. The van der Waals surface area contributed by atoms with Crippen LogP contribution in [0.15, 0.2) is 23.1 Å². The molecule has 1 heterocycles. The highest BCUT2D eigenvalue weighted by atomic mass is 32.2. The number of piperidine rings is 1. The lowest BCUT2D eigenvalue weighted by Crippen LogP contribution is -2.36. The fraction of sp³-hybridized carbons (Fsp3) is 0.500. The summed E-state index contributed by atoms with van der Waals surface area (Å²) in [5.41, 5.74) is -0.0354. The van der Waals surface area contributed by atoms with Gasteiger partial charge in [-0.15, -0.1) is 0 Å². The Morgan fingerprint density at radius 1 is 1.45 bits per heavy atom. The van der Waals surface area contributed by atoms with Gasteiger partial charge in [0.25, 0.3) is 5.69 Å². The number of rotatable bonds is 3. The van der Waals surface area contributed by atoms with Crippen LogP contribution in [0, 0.1) is 10.1 Å². The second-order valence-corrected chi connectivity index (χ2v) is 6.88. The third kappa shape index (κ3) is 3.06. The standard InChI is InChI=1S/C12H15FN2O4S/c1-20(18,19)10-4-5-11(12(7-10)15(16)17)14-6-2-3-9(13)8-14/h4-5,7,9H,2-3,6,8H2,1H3/t9-/m1/s1. The van der Waals surface area contributed by atoms with E-state index in [1.807, 2.05) is 0 Å². The number of halogens is 1. The van der Waals surface area contributed by atoms with Gasteiger partial charge in [0.15, 0.2) is 9.84 Å². The van der Waals surface area contributed by atoms with Crippen molar-refractivity contribution in [1.29, 1.82) is 0 Å². The minimum atomic E-state index is -3.51. The zero-order chi connectivity index (χ0) is 14.9. The van der Waals surface area contributed by atoms with Gasteiger partial charge >= 0.3 is 0 Å². The van der Waals surface area contributed by atoms with E-state index in [1.165, 1.54) is 12.1 Å². The minimum absolute atomic E-state index is 0.0963. The molecule has 0 bridgehead atoms. The van der Waals surface area contributed by atoms with Gasteiger partial charge in [0.05, 0.1) is 9.82 Å². The summed E-state index contributed by atoms with van der Waals surface area (Å²) < 4.78 is 36.3. The maximum Gasteiger partial charge on any atom is 0.293 e. The lowest BCUT2D eigenvalue weighted by Gasteiger charge is -2.30. The normalized spacial score (nSPS) is 19.9. The van der Waals surface area contributed by atoms with Gasteiger partial charge in [0, 0.05) is 25.4 Å². The van der Waals surface area contributed by atoms with Crippen LogP contribution in [0.25, 0.3) is 0 Å². The van der Waals surface area contributed by atoms with Crippen molar-refractivity contribution in [3.05, 3.63) is 28.3 Å². The van der Waals surface area contributed by atoms with Crippen LogP contribution >= 0.6 is 0 Å². The first-order chi connectivity index (χ1) is 9.29. The van der Waals surface area contributed by atoms with E-state index in [4.69, 9.17) is 0 Å². The SMILES string of the molecule is CS(=O)(=O)c1ccc(N2CCC[C@@H](F)C2)c([N+](=O)[O-])c1. The molecule has 0 unspecified atom stereocenters. The highest BCUT2D eigenvalue weighted by Gasteiger charge is 2.26. The molecule has 1 saturated heterocycles. The molecule has 1 aromatic carbocycles. The molecule has 1 aliphatic heterocycles. The van der Waals surface area contributed by atoms with E-state index in [0.717, 1.165) is 12.3 Å². The van der Waals surface area contributed by atoms with Crippen LogP contribution in [0.5, 0.6) is 0 Å². The first-order valence-corrected chi connectivity index (χ1v) is 8.05. The lowest BCUT2D eigenvalue weighted by molar-refractivity contribution is -0.384. The molecule has 0 amide bonds. The van der Waals surface area contributed by atoms with Crippen LogP contribution in [0.4, 0.5) is 15.8 Å². The van der Waals surface area contributed by atoms with E-state index in [9.17, 15) is 22.9 Å².